The largest absolute Gasteiger partial charge is 0.321 e. The molecule has 0 aromatic heterocycles. The fraction of sp³-hybridized carbons (Fsp3) is 0.0714. The van der Waals surface area contributed by atoms with Gasteiger partial charge in [0.2, 0.25) is 0 Å². The lowest BCUT2D eigenvalue weighted by Crippen LogP contribution is -2.12. The zero-order valence-electron chi connectivity index (χ0n) is 9.71. The van der Waals surface area contributed by atoms with E-state index >= 15 is 0 Å². The van der Waals surface area contributed by atoms with Gasteiger partial charge in [0.25, 0.3) is 5.91 Å². The summed E-state index contributed by atoms with van der Waals surface area (Å²) in [5, 5.41) is 3.33. The zero-order valence-corrected chi connectivity index (χ0v) is 12.0. The standard InChI is InChI=1S/C14H11BrClNO/c1-9-2-7-12(16)13(8-9)17-14(18)10-3-5-11(15)6-4-10/h2-8H,1H3,(H,17,18). The first-order chi connectivity index (χ1) is 8.56. The fourth-order valence-corrected chi connectivity index (χ4v) is 1.96. The van der Waals surface area contributed by atoms with Gasteiger partial charge in [-0.2, -0.15) is 0 Å². The van der Waals surface area contributed by atoms with Crippen LogP contribution in [0.5, 0.6) is 0 Å². The molecule has 4 heteroatoms. The summed E-state index contributed by atoms with van der Waals surface area (Å²) in [7, 11) is 0. The van der Waals surface area contributed by atoms with Gasteiger partial charge in [-0.3, -0.25) is 4.79 Å². The molecule has 92 valence electrons. The molecule has 18 heavy (non-hydrogen) atoms. The van der Waals surface area contributed by atoms with Crippen LogP contribution < -0.4 is 5.32 Å². The molecule has 0 unspecified atom stereocenters. The molecule has 0 saturated heterocycles. The Labute approximate surface area is 119 Å². The van der Waals surface area contributed by atoms with Gasteiger partial charge in [-0.1, -0.05) is 33.6 Å². The van der Waals surface area contributed by atoms with E-state index in [9.17, 15) is 4.79 Å². The smallest absolute Gasteiger partial charge is 0.255 e. The fourth-order valence-electron chi connectivity index (χ4n) is 1.53. The number of halogens is 2. The summed E-state index contributed by atoms with van der Waals surface area (Å²) in [6, 6.07) is 12.7. The Hall–Kier alpha value is -1.32. The van der Waals surface area contributed by atoms with E-state index in [-0.39, 0.29) is 5.91 Å². The van der Waals surface area contributed by atoms with Crippen LogP contribution in [-0.4, -0.2) is 5.91 Å². The summed E-state index contributed by atoms with van der Waals surface area (Å²) in [6.07, 6.45) is 0. The highest BCUT2D eigenvalue weighted by molar-refractivity contribution is 9.10. The molecule has 1 N–H and O–H groups in total. The van der Waals surface area contributed by atoms with Crippen LogP contribution in [-0.2, 0) is 0 Å². The molecule has 0 aliphatic carbocycles. The summed E-state index contributed by atoms with van der Waals surface area (Å²) in [5.74, 6) is -0.171. The van der Waals surface area contributed by atoms with Crippen molar-refractivity contribution in [1.82, 2.24) is 0 Å². The number of nitrogens with one attached hydrogen (secondary N) is 1. The van der Waals surface area contributed by atoms with Crippen molar-refractivity contribution in [3.05, 3.63) is 63.1 Å². The number of carbonyl (C=O) groups excluding carboxylic acids is 1. The third-order valence-electron chi connectivity index (χ3n) is 2.48. The first-order valence-electron chi connectivity index (χ1n) is 5.39. The Morgan fingerprint density at radius 1 is 1.17 bits per heavy atom. The van der Waals surface area contributed by atoms with E-state index in [0.717, 1.165) is 10.0 Å². The molecule has 0 fully saturated rings. The van der Waals surface area contributed by atoms with Gasteiger partial charge in [0.15, 0.2) is 0 Å². The van der Waals surface area contributed by atoms with Gasteiger partial charge in [-0.25, -0.2) is 0 Å². The van der Waals surface area contributed by atoms with Gasteiger partial charge < -0.3 is 5.32 Å². The van der Waals surface area contributed by atoms with Gasteiger partial charge in [-0.05, 0) is 48.9 Å². The summed E-state index contributed by atoms with van der Waals surface area (Å²) in [5.41, 5.74) is 2.27. The molecule has 0 bridgehead atoms. The summed E-state index contributed by atoms with van der Waals surface area (Å²) in [6.45, 7) is 1.95. The van der Waals surface area contributed by atoms with Crippen LogP contribution >= 0.6 is 27.5 Å². The molecule has 1 amide bonds. The normalized spacial score (nSPS) is 10.2. The van der Waals surface area contributed by atoms with Gasteiger partial charge in [0.1, 0.15) is 0 Å². The molecular formula is C14H11BrClNO. The Balaban J connectivity index is 2.21. The van der Waals surface area contributed by atoms with E-state index in [0.29, 0.717) is 16.3 Å². The average Bonchev–Trinajstić information content (AvgIpc) is 2.34. The number of amides is 1. The van der Waals surface area contributed by atoms with Crippen molar-refractivity contribution in [3.63, 3.8) is 0 Å². The van der Waals surface area contributed by atoms with Gasteiger partial charge in [-0.15, -0.1) is 0 Å². The third-order valence-corrected chi connectivity index (χ3v) is 3.33. The van der Waals surface area contributed by atoms with E-state index in [1.165, 1.54) is 0 Å². The van der Waals surface area contributed by atoms with Crippen molar-refractivity contribution in [2.75, 3.05) is 5.32 Å². The average molecular weight is 325 g/mol. The lowest BCUT2D eigenvalue weighted by molar-refractivity contribution is 0.102. The number of hydrogen-bond donors (Lipinski definition) is 1. The second kappa shape index (κ2) is 5.55. The monoisotopic (exact) mass is 323 g/mol. The first-order valence-corrected chi connectivity index (χ1v) is 6.56. The number of carbonyl (C=O) groups is 1. The van der Waals surface area contributed by atoms with E-state index < -0.39 is 0 Å². The SMILES string of the molecule is Cc1ccc(Cl)c(NC(=O)c2ccc(Br)cc2)c1. The van der Waals surface area contributed by atoms with E-state index in [1.54, 1.807) is 18.2 Å². The predicted octanol–water partition coefficient (Wildman–Crippen LogP) is 4.66. The van der Waals surface area contributed by atoms with Crippen molar-refractivity contribution < 1.29 is 4.79 Å². The maximum absolute atomic E-state index is 12.0. The number of aryl methyl sites for hydroxylation is 1. The molecule has 2 aromatic rings. The third kappa shape index (κ3) is 3.12. The summed E-state index contributed by atoms with van der Waals surface area (Å²) < 4.78 is 0.938. The number of anilines is 1. The molecular weight excluding hydrogens is 314 g/mol. The van der Waals surface area contributed by atoms with E-state index in [4.69, 9.17) is 11.6 Å². The van der Waals surface area contributed by atoms with Crippen LogP contribution in [0.4, 0.5) is 5.69 Å². The molecule has 2 rings (SSSR count). The van der Waals surface area contributed by atoms with Crippen molar-refractivity contribution in [2.24, 2.45) is 0 Å². The Morgan fingerprint density at radius 3 is 2.50 bits per heavy atom. The highest BCUT2D eigenvalue weighted by Gasteiger charge is 2.08. The lowest BCUT2D eigenvalue weighted by Gasteiger charge is -2.08. The van der Waals surface area contributed by atoms with Crippen molar-refractivity contribution in [3.8, 4) is 0 Å². The highest BCUT2D eigenvalue weighted by Crippen LogP contribution is 2.23. The molecule has 0 saturated carbocycles. The van der Waals surface area contributed by atoms with Crippen LogP contribution in [0.1, 0.15) is 15.9 Å². The predicted molar refractivity (Wildman–Crippen MR) is 78.3 cm³/mol. The number of benzene rings is 2. The summed E-state index contributed by atoms with van der Waals surface area (Å²) in [4.78, 5) is 12.0. The van der Waals surface area contributed by atoms with Crippen LogP contribution in [0, 0.1) is 6.92 Å². The van der Waals surface area contributed by atoms with Gasteiger partial charge in [0, 0.05) is 10.0 Å². The summed E-state index contributed by atoms with van der Waals surface area (Å²) >= 11 is 9.36. The minimum Gasteiger partial charge on any atom is -0.321 e. The Morgan fingerprint density at radius 2 is 1.83 bits per heavy atom. The van der Waals surface area contributed by atoms with Crippen molar-refractivity contribution >= 4 is 39.1 Å². The molecule has 2 aromatic carbocycles. The number of rotatable bonds is 2. The molecule has 0 atom stereocenters. The van der Waals surface area contributed by atoms with Gasteiger partial charge >= 0.3 is 0 Å². The topological polar surface area (TPSA) is 29.1 Å². The van der Waals surface area contributed by atoms with Gasteiger partial charge in [0.05, 0.1) is 10.7 Å². The molecule has 0 radical (unpaired) electrons. The van der Waals surface area contributed by atoms with Crippen molar-refractivity contribution in [2.45, 2.75) is 6.92 Å². The zero-order chi connectivity index (χ0) is 13.1. The van der Waals surface area contributed by atoms with Crippen LogP contribution in [0.2, 0.25) is 5.02 Å². The van der Waals surface area contributed by atoms with E-state index in [2.05, 4.69) is 21.2 Å². The van der Waals surface area contributed by atoms with Crippen molar-refractivity contribution in [1.29, 1.82) is 0 Å². The maximum Gasteiger partial charge on any atom is 0.255 e. The molecule has 0 heterocycles. The molecule has 0 aliphatic rings. The number of hydrogen-bond acceptors (Lipinski definition) is 1. The Bertz CT molecular complexity index is 581. The van der Waals surface area contributed by atoms with Crippen LogP contribution in [0.15, 0.2) is 46.9 Å². The molecule has 0 spiro atoms. The minimum atomic E-state index is -0.171. The molecule has 2 nitrogen and oxygen atoms in total. The minimum absolute atomic E-state index is 0.171. The second-order valence-electron chi connectivity index (χ2n) is 3.94. The maximum atomic E-state index is 12.0. The van der Waals surface area contributed by atoms with E-state index in [1.807, 2.05) is 31.2 Å². The quantitative estimate of drug-likeness (QED) is 0.855. The van der Waals surface area contributed by atoms with Crippen LogP contribution in [0.25, 0.3) is 0 Å². The lowest BCUT2D eigenvalue weighted by atomic mass is 10.2. The Kier molecular flexibility index (Phi) is 4.04. The highest BCUT2D eigenvalue weighted by atomic mass is 79.9. The second-order valence-corrected chi connectivity index (χ2v) is 5.27. The van der Waals surface area contributed by atoms with Crippen LogP contribution in [0.3, 0.4) is 0 Å². The first kappa shape index (κ1) is 13.1. The molecule has 0 aliphatic heterocycles.